The molecule has 1 N–H and O–H groups in total. The minimum absolute atomic E-state index is 0.262. The molecule has 1 fully saturated rings. The maximum absolute atomic E-state index is 12.4. The number of hydrogen-bond acceptors (Lipinski definition) is 5. The van der Waals surface area contributed by atoms with Crippen LogP contribution in [-0.2, 0) is 4.79 Å². The Balaban J connectivity index is 1.76. The van der Waals surface area contributed by atoms with Crippen molar-refractivity contribution in [2.75, 3.05) is 0 Å². The van der Waals surface area contributed by atoms with Crippen LogP contribution >= 0.6 is 35.6 Å². The minimum atomic E-state index is -0.439. The van der Waals surface area contributed by atoms with Crippen molar-refractivity contribution in [3.8, 4) is 0 Å². The number of carbonyl (C=O) groups excluding carboxylic acids is 2. The van der Waals surface area contributed by atoms with E-state index in [1.54, 1.807) is 48.8 Å². The average Bonchev–Trinajstić information content (AvgIpc) is 2.84. The Labute approximate surface area is 152 Å². The van der Waals surface area contributed by atoms with E-state index in [1.807, 2.05) is 6.07 Å². The molecule has 2 heterocycles. The topological polar surface area (TPSA) is 62.3 Å². The first kappa shape index (κ1) is 16.6. The number of aromatic nitrogens is 1. The molecule has 0 unspecified atom stereocenters. The van der Waals surface area contributed by atoms with Crippen LogP contribution in [0.25, 0.3) is 6.08 Å². The zero-order chi connectivity index (χ0) is 17.1. The van der Waals surface area contributed by atoms with E-state index in [4.69, 9.17) is 23.8 Å². The molecule has 1 aromatic carbocycles. The largest absolute Gasteiger partial charge is 0.285 e. The normalized spacial score (nSPS) is 15.9. The van der Waals surface area contributed by atoms with Gasteiger partial charge >= 0.3 is 0 Å². The first-order chi connectivity index (χ1) is 11.5. The van der Waals surface area contributed by atoms with Crippen LogP contribution < -0.4 is 5.43 Å². The van der Waals surface area contributed by atoms with Crippen molar-refractivity contribution in [2.45, 2.75) is 0 Å². The summed E-state index contributed by atoms with van der Waals surface area (Å²) in [5.74, 6) is -0.818. The standard InChI is InChI=1S/C16H10ClN3O2S2/c17-12-5-3-11(4-6-12)14(21)19-20-15(22)13(24-16(20)23)8-10-2-1-7-18-9-10/h1-9H,(H,19,21)/b13-8-. The van der Waals surface area contributed by atoms with Crippen LogP contribution in [0.1, 0.15) is 15.9 Å². The third kappa shape index (κ3) is 3.64. The Kier molecular flexibility index (Phi) is 4.94. The van der Waals surface area contributed by atoms with Crippen LogP contribution in [0, 0.1) is 0 Å². The fourth-order valence-electron chi connectivity index (χ4n) is 1.94. The molecule has 0 aliphatic carbocycles. The van der Waals surface area contributed by atoms with Gasteiger partial charge in [0.15, 0.2) is 4.32 Å². The lowest BCUT2D eigenvalue weighted by Gasteiger charge is -2.15. The van der Waals surface area contributed by atoms with Gasteiger partial charge in [-0.05, 0) is 54.2 Å². The second-order valence-corrected chi connectivity index (χ2v) is 6.86. The minimum Gasteiger partial charge on any atom is -0.267 e. The van der Waals surface area contributed by atoms with Crippen molar-refractivity contribution >= 4 is 57.8 Å². The summed E-state index contributed by atoms with van der Waals surface area (Å²) >= 11 is 12.1. The summed E-state index contributed by atoms with van der Waals surface area (Å²) in [6, 6.07) is 9.94. The molecule has 0 spiro atoms. The van der Waals surface area contributed by atoms with Gasteiger partial charge in [-0.3, -0.25) is 20.0 Å². The number of carbonyl (C=O) groups is 2. The number of thiocarbonyl (C=S) groups is 1. The van der Waals surface area contributed by atoms with E-state index in [0.717, 1.165) is 22.3 Å². The predicted molar refractivity (Wildman–Crippen MR) is 98.2 cm³/mol. The maximum atomic E-state index is 12.4. The highest BCUT2D eigenvalue weighted by Gasteiger charge is 2.33. The molecule has 0 atom stereocenters. The molecule has 8 heteroatoms. The molecule has 5 nitrogen and oxygen atoms in total. The number of rotatable bonds is 3. The van der Waals surface area contributed by atoms with Gasteiger partial charge in [0, 0.05) is 23.0 Å². The van der Waals surface area contributed by atoms with Crippen molar-refractivity contribution in [2.24, 2.45) is 0 Å². The Morgan fingerprint density at radius 1 is 1.29 bits per heavy atom. The summed E-state index contributed by atoms with van der Waals surface area (Å²) < 4.78 is 0.262. The van der Waals surface area contributed by atoms with Crippen molar-refractivity contribution < 1.29 is 9.59 Å². The van der Waals surface area contributed by atoms with Crippen LogP contribution in [0.4, 0.5) is 0 Å². The van der Waals surface area contributed by atoms with Gasteiger partial charge in [0.05, 0.1) is 4.91 Å². The third-order valence-electron chi connectivity index (χ3n) is 3.10. The molecule has 2 aromatic rings. The summed E-state index contributed by atoms with van der Waals surface area (Å²) in [6.45, 7) is 0. The number of hydrogen-bond donors (Lipinski definition) is 1. The zero-order valence-electron chi connectivity index (χ0n) is 12.1. The molecule has 1 aliphatic heterocycles. The molecular weight excluding hydrogens is 366 g/mol. The van der Waals surface area contributed by atoms with Gasteiger partial charge in [0.2, 0.25) is 0 Å². The first-order valence-corrected chi connectivity index (χ1v) is 8.39. The summed E-state index contributed by atoms with van der Waals surface area (Å²) in [5, 5.41) is 1.59. The molecule has 1 saturated heterocycles. The Morgan fingerprint density at radius 3 is 2.71 bits per heavy atom. The van der Waals surface area contributed by atoms with Gasteiger partial charge in [-0.25, -0.2) is 0 Å². The molecule has 0 radical (unpaired) electrons. The van der Waals surface area contributed by atoms with Gasteiger partial charge in [0.1, 0.15) is 0 Å². The highest BCUT2D eigenvalue weighted by molar-refractivity contribution is 8.26. The van der Waals surface area contributed by atoms with E-state index in [2.05, 4.69) is 10.4 Å². The Morgan fingerprint density at radius 2 is 2.04 bits per heavy atom. The highest BCUT2D eigenvalue weighted by atomic mass is 35.5. The van der Waals surface area contributed by atoms with E-state index < -0.39 is 5.91 Å². The van der Waals surface area contributed by atoms with Gasteiger partial charge in [-0.2, -0.15) is 5.01 Å². The smallest absolute Gasteiger partial charge is 0.267 e. The lowest BCUT2D eigenvalue weighted by Crippen LogP contribution is -2.44. The number of thioether (sulfide) groups is 1. The lowest BCUT2D eigenvalue weighted by atomic mass is 10.2. The van der Waals surface area contributed by atoms with Gasteiger partial charge in [0.25, 0.3) is 11.8 Å². The first-order valence-electron chi connectivity index (χ1n) is 6.79. The molecule has 3 rings (SSSR count). The molecule has 0 bridgehead atoms. The number of nitrogens with zero attached hydrogens (tertiary/aromatic N) is 2. The summed E-state index contributed by atoms with van der Waals surface area (Å²) in [5.41, 5.74) is 3.67. The van der Waals surface area contributed by atoms with Gasteiger partial charge in [-0.15, -0.1) is 0 Å². The van der Waals surface area contributed by atoms with E-state index in [-0.39, 0.29) is 10.2 Å². The van der Waals surface area contributed by atoms with Crippen LogP contribution in [0.5, 0.6) is 0 Å². The van der Waals surface area contributed by atoms with Crippen molar-refractivity contribution in [1.29, 1.82) is 0 Å². The molecule has 1 aromatic heterocycles. The number of hydrazine groups is 1. The molecule has 24 heavy (non-hydrogen) atoms. The van der Waals surface area contributed by atoms with Crippen molar-refractivity contribution in [3.05, 3.63) is 69.8 Å². The average molecular weight is 376 g/mol. The van der Waals surface area contributed by atoms with Crippen LogP contribution in [0.3, 0.4) is 0 Å². The van der Waals surface area contributed by atoms with E-state index in [1.165, 1.54) is 0 Å². The monoisotopic (exact) mass is 375 g/mol. The molecular formula is C16H10ClN3O2S2. The van der Waals surface area contributed by atoms with E-state index in [9.17, 15) is 9.59 Å². The third-order valence-corrected chi connectivity index (χ3v) is 4.65. The van der Waals surface area contributed by atoms with E-state index in [0.29, 0.717) is 15.5 Å². The summed E-state index contributed by atoms with van der Waals surface area (Å²) in [7, 11) is 0. The second-order valence-electron chi connectivity index (χ2n) is 4.75. The van der Waals surface area contributed by atoms with Crippen LogP contribution in [0.2, 0.25) is 5.02 Å². The van der Waals surface area contributed by atoms with Gasteiger partial charge in [-0.1, -0.05) is 29.4 Å². The fourth-order valence-corrected chi connectivity index (χ4v) is 3.25. The molecule has 120 valence electrons. The Bertz CT molecular complexity index is 838. The van der Waals surface area contributed by atoms with Crippen molar-refractivity contribution in [3.63, 3.8) is 0 Å². The fraction of sp³-hybridized carbons (Fsp3) is 0. The van der Waals surface area contributed by atoms with Gasteiger partial charge < -0.3 is 0 Å². The SMILES string of the molecule is O=C(NN1C(=O)/C(=C/c2cccnc2)SC1=S)c1ccc(Cl)cc1. The number of pyridine rings is 1. The molecule has 0 saturated carbocycles. The molecule has 2 amide bonds. The number of halogens is 1. The second kappa shape index (κ2) is 7.12. The van der Waals surface area contributed by atoms with Crippen LogP contribution in [-0.4, -0.2) is 26.1 Å². The van der Waals surface area contributed by atoms with Crippen LogP contribution in [0.15, 0.2) is 53.7 Å². The zero-order valence-corrected chi connectivity index (χ0v) is 14.5. The number of benzene rings is 1. The highest BCUT2D eigenvalue weighted by Crippen LogP contribution is 2.31. The number of amides is 2. The summed E-state index contributed by atoms with van der Waals surface area (Å²) in [4.78, 5) is 29.1. The lowest BCUT2D eigenvalue weighted by molar-refractivity contribution is -0.123. The quantitative estimate of drug-likeness (QED) is 0.659. The van der Waals surface area contributed by atoms with E-state index >= 15 is 0 Å². The maximum Gasteiger partial charge on any atom is 0.285 e. The predicted octanol–water partition coefficient (Wildman–Crippen LogP) is 3.28. The molecule has 1 aliphatic rings. The number of nitrogens with one attached hydrogen (secondary N) is 1. The summed E-state index contributed by atoms with van der Waals surface area (Å²) in [6.07, 6.45) is 4.97. The Hall–Kier alpha value is -2.22. The van der Waals surface area contributed by atoms with Crippen molar-refractivity contribution in [1.82, 2.24) is 15.4 Å².